The summed E-state index contributed by atoms with van der Waals surface area (Å²) in [5, 5.41) is 0. The first-order valence-corrected chi connectivity index (χ1v) is 44.1. The van der Waals surface area contributed by atoms with Crippen LogP contribution in [0.15, 0.2) is 224 Å². The van der Waals surface area contributed by atoms with Gasteiger partial charge in [0.15, 0.2) is 0 Å². The van der Waals surface area contributed by atoms with Crippen LogP contribution < -0.4 is 26.2 Å². The number of anilines is 6. The average molecular weight is 1650 g/mol. The second-order valence-corrected chi connectivity index (χ2v) is 47.1. The summed E-state index contributed by atoms with van der Waals surface area (Å²) in [6, 6.07) is 17.6. The van der Waals surface area contributed by atoms with Gasteiger partial charge in [0.1, 0.15) is 0 Å². The number of nitrogens with zero attached hydrogens (tertiary/aromatic N) is 2. The Labute approximate surface area is 777 Å². The van der Waals surface area contributed by atoms with Crippen LogP contribution in [0.25, 0.3) is 77.9 Å². The fourth-order valence-corrected chi connectivity index (χ4v) is 16.6. The molecule has 123 heavy (non-hydrogen) atoms. The number of fused-ring (bicyclic) bond motifs is 4. The summed E-state index contributed by atoms with van der Waals surface area (Å²) in [5.41, 5.74) is -4.09. The van der Waals surface area contributed by atoms with Crippen LogP contribution in [0.1, 0.15) is 348 Å². The number of hydrogen-bond donors (Lipinski definition) is 0. The summed E-state index contributed by atoms with van der Waals surface area (Å²) in [6.07, 6.45) is 0. The van der Waals surface area contributed by atoms with E-state index >= 15 is 0 Å². The Morgan fingerprint density at radius 3 is 0.894 bits per heavy atom. The summed E-state index contributed by atoms with van der Waals surface area (Å²) >= 11 is 0. The smallest absolute Gasteiger partial charge is 0.252 e. The van der Waals surface area contributed by atoms with Gasteiger partial charge in [-0.1, -0.05) is 425 Å². The Morgan fingerprint density at radius 2 is 0.528 bits per heavy atom. The van der Waals surface area contributed by atoms with Gasteiger partial charge in [-0.25, -0.2) is 0 Å². The van der Waals surface area contributed by atoms with Crippen molar-refractivity contribution >= 4 is 57.2 Å². The third-order valence-corrected chi connectivity index (χ3v) is 24.2. The third-order valence-electron chi connectivity index (χ3n) is 24.2. The quantitative estimate of drug-likeness (QED) is 0.133. The molecule has 0 saturated heterocycles. The van der Waals surface area contributed by atoms with Crippen molar-refractivity contribution in [3.05, 3.63) is 291 Å². The van der Waals surface area contributed by atoms with E-state index in [9.17, 15) is 30.2 Å². The normalized spacial score (nSPS) is 16.6. The van der Waals surface area contributed by atoms with Crippen LogP contribution in [-0.4, -0.2) is 6.71 Å². The van der Waals surface area contributed by atoms with Crippen LogP contribution in [0.4, 0.5) is 34.1 Å². The molecule has 0 fully saturated rings. The van der Waals surface area contributed by atoms with E-state index < -0.39 is 174 Å². The Balaban J connectivity index is 1.46. The Bertz CT molecular complexity index is 7360. The minimum absolute atomic E-state index is 0.00142. The van der Waals surface area contributed by atoms with E-state index in [1.165, 1.54) is 0 Å². The molecule has 2 aliphatic heterocycles. The molecule has 2 heterocycles. The van der Waals surface area contributed by atoms with Crippen molar-refractivity contribution in [2.75, 3.05) is 9.80 Å². The zero-order chi connectivity index (χ0) is 110. The molecule has 2 aliphatic rings. The van der Waals surface area contributed by atoms with Gasteiger partial charge in [-0.2, -0.15) is 0 Å². The van der Waals surface area contributed by atoms with Crippen molar-refractivity contribution in [3.63, 3.8) is 0 Å². The molecule has 2 nitrogen and oxygen atoms in total. The highest BCUT2D eigenvalue weighted by Gasteiger charge is 2.48. The molecular weight excluding hydrogens is 1480 g/mol. The molecule has 12 aromatic carbocycles. The maximum atomic E-state index is 12.0. The van der Waals surface area contributed by atoms with Crippen molar-refractivity contribution in [2.45, 2.75) is 314 Å². The molecule has 0 bridgehead atoms. The molecule has 0 atom stereocenters. The second-order valence-electron chi connectivity index (χ2n) is 47.1. The van der Waals surface area contributed by atoms with Crippen molar-refractivity contribution in [2.24, 2.45) is 0 Å². The molecule has 3 heteroatoms. The fourth-order valence-electron chi connectivity index (χ4n) is 16.6. The van der Waals surface area contributed by atoms with Gasteiger partial charge in [0, 0.05) is 45.0 Å². The molecule has 0 radical (unpaired) electrons. The number of hydrogen-bond acceptors (Lipinski definition) is 2. The lowest BCUT2D eigenvalue weighted by molar-refractivity contribution is 0.568. The third kappa shape index (κ3) is 17.5. The number of benzene rings is 12. The Morgan fingerprint density at radius 1 is 0.211 bits per heavy atom. The molecule has 14 rings (SSSR count). The van der Waals surface area contributed by atoms with Gasteiger partial charge in [0.05, 0.1) is 42.9 Å². The molecular formula is C120H145BN2. The maximum absolute atomic E-state index is 12.0. The molecule has 12 aromatic rings. The molecule has 0 unspecified atom stereocenters. The Kier molecular flexibility index (Phi) is 15.9. The van der Waals surface area contributed by atoms with Gasteiger partial charge in [-0.3, -0.25) is 0 Å². The highest BCUT2D eigenvalue weighted by Crippen LogP contribution is 2.59. The van der Waals surface area contributed by atoms with Crippen LogP contribution in [-0.2, 0) is 65.0 Å². The van der Waals surface area contributed by atoms with Crippen molar-refractivity contribution in [1.82, 2.24) is 0 Å². The lowest BCUT2D eigenvalue weighted by atomic mass is 9.33. The lowest BCUT2D eigenvalue weighted by Crippen LogP contribution is -2.61. The average Bonchev–Trinajstić information content (AvgIpc) is 1.10. The minimum atomic E-state index is -1.30. The summed E-state index contributed by atoms with van der Waals surface area (Å²) in [4.78, 5) is 3.75. The summed E-state index contributed by atoms with van der Waals surface area (Å²) in [6.45, 7) is 68.9. The van der Waals surface area contributed by atoms with Gasteiger partial charge in [0.2, 0.25) is 0 Å². The molecule has 0 spiro atoms. The fraction of sp³-hybridized carbons (Fsp3) is 0.400. The van der Waals surface area contributed by atoms with Crippen molar-refractivity contribution in [1.29, 1.82) is 0 Å². The van der Waals surface area contributed by atoms with Gasteiger partial charge in [0.25, 0.3) is 6.71 Å². The van der Waals surface area contributed by atoms with E-state index in [-0.39, 0.29) is 165 Å². The SMILES string of the molecule is [2H]c1c([2H])c([2H])c(-c2ccc3c(c2)N(c2c(-c4c([2H])c([2H])c(C(C)(C)C)c([2H])c4[2H])c([2H])c(C(C)(C)C)c([2H])c2-c2c([2H])c([2H])c(C(C)(C)C)c([2H])c2C(C)(C)C)c2cc(-c4cc(C(C)(C)C)cc(C(C)(C)C)c4)cc4c2B3c2ccc(-c3cc(C(C)(C)C)cc(C(C)(C)C)c3)cc2N4c2c(-c3c([2H])c([2H])c(C(C)(C)C)c([2H])c3[2H])c([2H])c(C(C)(C)C)c([2H])c2-c2c(C(C)(C)C)c([2H])c([2H])c([2H])c2C(C)(C)C)c([2H])c1[2H]. The largest absolute Gasteiger partial charge is 0.310 e. The zero-order valence-electron chi connectivity index (χ0n) is 104. The molecule has 0 saturated carbocycles. The topological polar surface area (TPSA) is 6.48 Å². The van der Waals surface area contributed by atoms with Crippen LogP contribution in [0.3, 0.4) is 0 Å². The molecule has 638 valence electrons. The van der Waals surface area contributed by atoms with E-state index in [2.05, 4.69) is 126 Å². The van der Waals surface area contributed by atoms with Crippen LogP contribution in [0.5, 0.6) is 0 Å². The molecule has 0 N–H and O–H groups in total. The minimum Gasteiger partial charge on any atom is -0.310 e. The highest BCUT2D eigenvalue weighted by molar-refractivity contribution is 7.00. The lowest BCUT2D eigenvalue weighted by Gasteiger charge is -2.46. The van der Waals surface area contributed by atoms with Crippen LogP contribution >= 0.6 is 0 Å². The Hall–Kier alpha value is -9.70. The molecule has 0 amide bonds. The van der Waals surface area contributed by atoms with E-state index in [0.717, 1.165) is 27.8 Å². The number of rotatable bonds is 9. The predicted octanol–water partition coefficient (Wildman–Crippen LogP) is 33.0. The van der Waals surface area contributed by atoms with E-state index in [1.807, 2.05) is 175 Å². The van der Waals surface area contributed by atoms with Gasteiger partial charge < -0.3 is 9.80 Å². The van der Waals surface area contributed by atoms with Crippen molar-refractivity contribution in [3.8, 4) is 77.9 Å². The predicted molar refractivity (Wildman–Crippen MR) is 543 cm³/mol. The zero-order valence-corrected chi connectivity index (χ0v) is 80.6. The first-order chi connectivity index (χ1) is 66.2. The summed E-state index contributed by atoms with van der Waals surface area (Å²) in [5.74, 6) is 0. The van der Waals surface area contributed by atoms with Crippen LogP contribution in [0.2, 0.25) is 0 Å². The van der Waals surface area contributed by atoms with Gasteiger partial charge >= 0.3 is 0 Å². The first-order valence-electron chi connectivity index (χ1n) is 55.6. The maximum Gasteiger partial charge on any atom is 0.252 e. The van der Waals surface area contributed by atoms with Crippen LogP contribution in [0, 0.1) is 0 Å². The molecule has 0 aliphatic carbocycles. The van der Waals surface area contributed by atoms with Gasteiger partial charge in [-0.05, 0) is 252 Å². The summed E-state index contributed by atoms with van der Waals surface area (Å²) in [7, 11) is 0. The standard InChI is InChI=1S/C120H145BN2/c1-109(2,3)82-51-45-75(46-52-82)92-69-89(116(22,23)24)71-94(91-56-55-84(111(7,8)9)73-98(91)120(34,35)36)107(92)122-101-63-77(74-41-38-37-39-42-74)49-57-99(101)121-100-58-50-78(79-59-85(112(10,11)12)67-86(60-79)113(13,14)15)64-102(100)123(104-66-81(65-103(122)106(104)121)80-61-87(114(16,17)18)68-88(62-80)115(19,20)21)108-93(76-47-53-83(54-48-76)110(4,5)6)70-90(117(25,26)27)72-95(108)105-96(118(28,29)30)43-40-44-97(105)119(31,32)33/h37-73H,1-36H3/i37D,38D,39D,40D,41D,42D,43D,44D,45D,46D,47D,48D,51D,52D,53D,54D,55D,56D,69D,70D,71D,72D,73D. The van der Waals surface area contributed by atoms with E-state index in [0.29, 0.717) is 38.8 Å². The second kappa shape index (κ2) is 30.6. The highest BCUT2D eigenvalue weighted by atomic mass is 15.2. The van der Waals surface area contributed by atoms with E-state index in [4.69, 9.17) is 1.37 Å². The molecule has 0 aromatic heterocycles. The van der Waals surface area contributed by atoms with Crippen molar-refractivity contribution < 1.29 is 31.5 Å². The van der Waals surface area contributed by atoms with Gasteiger partial charge in [-0.15, -0.1) is 0 Å². The first kappa shape index (κ1) is 64.1. The van der Waals surface area contributed by atoms with E-state index in [1.54, 1.807) is 43.9 Å². The summed E-state index contributed by atoms with van der Waals surface area (Å²) < 4.78 is 246. The monoisotopic (exact) mass is 1650 g/mol.